The summed E-state index contributed by atoms with van der Waals surface area (Å²) in [6, 6.07) is 4.31. The van der Waals surface area contributed by atoms with Crippen LogP contribution in [0.1, 0.15) is 38.4 Å². The zero-order valence-electron chi connectivity index (χ0n) is 15.6. The van der Waals surface area contributed by atoms with Crippen molar-refractivity contribution in [2.24, 2.45) is 0 Å². The molecule has 2 aromatic heterocycles. The van der Waals surface area contributed by atoms with Gasteiger partial charge in [0.1, 0.15) is 35.0 Å². The first-order valence-electron chi connectivity index (χ1n) is 9.09. The van der Waals surface area contributed by atoms with Gasteiger partial charge in [0.2, 0.25) is 0 Å². The molecule has 4 rings (SSSR count). The van der Waals surface area contributed by atoms with Crippen LogP contribution < -0.4 is 10.1 Å². The second-order valence-electron chi connectivity index (χ2n) is 7.55. The molecule has 27 heavy (non-hydrogen) atoms. The van der Waals surface area contributed by atoms with Crippen LogP contribution in [0.25, 0.3) is 11.0 Å². The number of anilines is 2. The Labute approximate surface area is 156 Å². The average molecular weight is 372 g/mol. The van der Waals surface area contributed by atoms with Gasteiger partial charge in [-0.1, -0.05) is 0 Å². The van der Waals surface area contributed by atoms with Crippen LogP contribution in [0.4, 0.5) is 20.3 Å². The number of aromatic amines is 1. The molecule has 0 saturated carbocycles. The third-order valence-corrected chi connectivity index (χ3v) is 4.78. The monoisotopic (exact) mass is 372 g/mol. The van der Waals surface area contributed by atoms with Gasteiger partial charge >= 0.3 is 0 Å². The van der Waals surface area contributed by atoms with E-state index in [0.717, 1.165) is 16.6 Å². The molecule has 0 bridgehead atoms. The highest BCUT2D eigenvalue weighted by molar-refractivity contribution is 5.93. The lowest BCUT2D eigenvalue weighted by Crippen LogP contribution is -2.27. The zero-order valence-corrected chi connectivity index (χ0v) is 15.6. The maximum atomic E-state index is 14.6. The third kappa shape index (κ3) is 3.46. The van der Waals surface area contributed by atoms with Crippen molar-refractivity contribution in [1.82, 2.24) is 15.0 Å². The first kappa shape index (κ1) is 17.7. The lowest BCUT2D eigenvalue weighted by atomic mass is 9.85. The van der Waals surface area contributed by atoms with Gasteiger partial charge in [-0.2, -0.15) is 0 Å². The second-order valence-corrected chi connectivity index (χ2v) is 7.55. The molecule has 2 heterocycles. The number of ether oxygens (including phenoxy) is 1. The van der Waals surface area contributed by atoms with Crippen LogP contribution in [0.15, 0.2) is 24.5 Å². The average Bonchev–Trinajstić information content (AvgIpc) is 2.94. The molecule has 1 aromatic carbocycles. The van der Waals surface area contributed by atoms with Crippen LogP contribution in [0.5, 0.6) is 5.75 Å². The molecule has 7 heteroatoms. The summed E-state index contributed by atoms with van der Waals surface area (Å²) in [5, 5.41) is 4.00. The minimum Gasteiger partial charge on any atom is -0.489 e. The van der Waals surface area contributed by atoms with Crippen molar-refractivity contribution in [3.8, 4) is 5.75 Å². The maximum absolute atomic E-state index is 14.6. The summed E-state index contributed by atoms with van der Waals surface area (Å²) in [6.45, 7) is 5.38. The Kier molecular flexibility index (Phi) is 4.25. The molecule has 1 unspecified atom stereocenters. The molecule has 0 aliphatic heterocycles. The normalized spacial score (nSPS) is 19.3. The largest absolute Gasteiger partial charge is 0.489 e. The lowest BCUT2D eigenvalue weighted by Gasteiger charge is -2.25. The number of nitrogens with one attached hydrogen (secondary N) is 2. The molecule has 142 valence electrons. The Morgan fingerprint density at radius 3 is 2.89 bits per heavy atom. The van der Waals surface area contributed by atoms with Gasteiger partial charge in [-0.3, -0.25) is 0 Å². The predicted molar refractivity (Wildman–Crippen MR) is 101 cm³/mol. The second kappa shape index (κ2) is 6.48. The van der Waals surface area contributed by atoms with Gasteiger partial charge < -0.3 is 15.0 Å². The number of hydrogen-bond acceptors (Lipinski definition) is 4. The van der Waals surface area contributed by atoms with Crippen LogP contribution in [0, 0.1) is 5.82 Å². The van der Waals surface area contributed by atoms with Gasteiger partial charge in [0.15, 0.2) is 0 Å². The molecule has 2 N–H and O–H groups in total. The summed E-state index contributed by atoms with van der Waals surface area (Å²) in [7, 11) is 0. The lowest BCUT2D eigenvalue weighted by molar-refractivity contribution is 0.166. The Morgan fingerprint density at radius 2 is 2.11 bits per heavy atom. The van der Waals surface area contributed by atoms with E-state index in [2.05, 4.69) is 20.3 Å². The molecule has 0 spiro atoms. The number of rotatable bonds is 4. The fraction of sp³-hybridized carbons (Fsp3) is 0.400. The van der Waals surface area contributed by atoms with Crippen LogP contribution >= 0.6 is 0 Å². The number of benzene rings is 1. The van der Waals surface area contributed by atoms with Gasteiger partial charge in [-0.05, 0) is 51.3 Å². The standard InChI is InChI=1S/C20H22F2N4O/c1-11(2)27-16-8-12(21)4-5-15(16)26-19-17-13-9-20(3,22)7-6-14(13)25-18(17)23-10-24-19/h4-5,8,10-11H,6-7,9H2,1-3H3,(H2,23,24,25,26). The zero-order chi connectivity index (χ0) is 19.2. The maximum Gasteiger partial charge on any atom is 0.146 e. The van der Waals surface area contributed by atoms with Gasteiger partial charge in [0.05, 0.1) is 17.2 Å². The van der Waals surface area contributed by atoms with Gasteiger partial charge in [0, 0.05) is 18.2 Å². The predicted octanol–water partition coefficient (Wildman–Crippen LogP) is 4.84. The molecule has 0 fully saturated rings. The number of nitrogens with zero attached hydrogens (tertiary/aromatic N) is 2. The minimum atomic E-state index is -1.25. The number of hydrogen-bond donors (Lipinski definition) is 2. The van der Waals surface area contributed by atoms with E-state index in [1.165, 1.54) is 18.5 Å². The number of alkyl halides is 1. The molecular formula is C20H22F2N4O. The SMILES string of the molecule is CC(C)Oc1cc(F)ccc1Nc1ncnc2[nH]c3c(c12)CC(C)(F)CC3. The van der Waals surface area contributed by atoms with Crippen molar-refractivity contribution in [2.45, 2.75) is 51.8 Å². The van der Waals surface area contributed by atoms with Crippen molar-refractivity contribution in [1.29, 1.82) is 0 Å². The minimum absolute atomic E-state index is 0.106. The summed E-state index contributed by atoms with van der Waals surface area (Å²) < 4.78 is 34.0. The molecule has 1 aliphatic rings. The molecule has 1 aliphatic carbocycles. The first-order chi connectivity index (χ1) is 12.8. The van der Waals surface area contributed by atoms with Gasteiger partial charge in [-0.15, -0.1) is 0 Å². The van der Waals surface area contributed by atoms with Gasteiger partial charge in [-0.25, -0.2) is 18.7 Å². The molecule has 0 saturated heterocycles. The van der Waals surface area contributed by atoms with Crippen molar-refractivity contribution in [3.63, 3.8) is 0 Å². The van der Waals surface area contributed by atoms with Gasteiger partial charge in [0.25, 0.3) is 0 Å². The Morgan fingerprint density at radius 1 is 1.30 bits per heavy atom. The van der Waals surface area contributed by atoms with Crippen LogP contribution in [-0.2, 0) is 12.8 Å². The molecule has 1 atom stereocenters. The van der Waals surface area contributed by atoms with Crippen molar-refractivity contribution in [3.05, 3.63) is 41.6 Å². The number of H-pyrrole nitrogens is 1. The Balaban J connectivity index is 1.79. The van der Waals surface area contributed by atoms with E-state index in [1.54, 1.807) is 13.0 Å². The molecule has 3 aromatic rings. The molecular weight excluding hydrogens is 350 g/mol. The van der Waals surface area contributed by atoms with Crippen molar-refractivity contribution < 1.29 is 13.5 Å². The smallest absolute Gasteiger partial charge is 0.146 e. The summed E-state index contributed by atoms with van der Waals surface area (Å²) >= 11 is 0. The van der Waals surface area contributed by atoms with E-state index >= 15 is 0 Å². The number of aryl methyl sites for hydroxylation is 1. The Bertz CT molecular complexity index is 997. The van der Waals surface area contributed by atoms with E-state index in [1.807, 2.05) is 13.8 Å². The van der Waals surface area contributed by atoms with E-state index in [9.17, 15) is 8.78 Å². The van der Waals surface area contributed by atoms with Crippen molar-refractivity contribution >= 4 is 22.5 Å². The fourth-order valence-corrected chi connectivity index (χ4v) is 3.56. The number of aromatic nitrogens is 3. The molecule has 0 amide bonds. The highest BCUT2D eigenvalue weighted by Gasteiger charge is 2.33. The fourth-order valence-electron chi connectivity index (χ4n) is 3.56. The highest BCUT2D eigenvalue weighted by atomic mass is 19.1. The summed E-state index contributed by atoms with van der Waals surface area (Å²) in [6.07, 6.45) is 2.77. The van der Waals surface area contributed by atoms with E-state index in [0.29, 0.717) is 42.2 Å². The highest BCUT2D eigenvalue weighted by Crippen LogP contribution is 2.39. The summed E-state index contributed by atoms with van der Waals surface area (Å²) in [5.74, 6) is 0.572. The number of halogens is 2. The van der Waals surface area contributed by atoms with Crippen LogP contribution in [0.3, 0.4) is 0 Å². The van der Waals surface area contributed by atoms with Crippen LogP contribution in [-0.4, -0.2) is 26.7 Å². The topological polar surface area (TPSA) is 62.8 Å². The Hall–Kier alpha value is -2.70. The van der Waals surface area contributed by atoms with E-state index < -0.39 is 5.67 Å². The van der Waals surface area contributed by atoms with Crippen LogP contribution in [0.2, 0.25) is 0 Å². The molecule has 0 radical (unpaired) electrons. The summed E-state index contributed by atoms with van der Waals surface area (Å²) in [5.41, 5.74) is 1.92. The number of fused-ring (bicyclic) bond motifs is 3. The van der Waals surface area contributed by atoms with E-state index in [4.69, 9.17) is 4.74 Å². The van der Waals surface area contributed by atoms with Crippen molar-refractivity contribution in [2.75, 3.05) is 5.32 Å². The first-order valence-corrected chi connectivity index (χ1v) is 9.09. The summed E-state index contributed by atoms with van der Waals surface area (Å²) in [4.78, 5) is 11.9. The molecule has 5 nitrogen and oxygen atoms in total. The van der Waals surface area contributed by atoms with E-state index in [-0.39, 0.29) is 11.9 Å². The quantitative estimate of drug-likeness (QED) is 0.688. The third-order valence-electron chi connectivity index (χ3n) is 4.78.